The van der Waals surface area contributed by atoms with Crippen molar-refractivity contribution in [2.75, 3.05) is 19.7 Å². The number of morpholine rings is 1. The Hall–Kier alpha value is -1.38. The van der Waals surface area contributed by atoms with Crippen LogP contribution < -0.4 is 0 Å². The summed E-state index contributed by atoms with van der Waals surface area (Å²) in [5.74, 6) is 0.731. The van der Waals surface area contributed by atoms with Gasteiger partial charge in [0, 0.05) is 19.1 Å². The lowest BCUT2D eigenvalue weighted by Gasteiger charge is -2.43. The SMILES string of the molecule is CC(C)N1CCOC(C)(c2ccc(C3CCCCC3)c3ccccc23)C1. The van der Waals surface area contributed by atoms with Gasteiger partial charge in [-0.05, 0) is 61.4 Å². The smallest absolute Gasteiger partial charge is 0.104 e. The molecule has 2 heteroatoms. The molecule has 0 radical (unpaired) electrons. The summed E-state index contributed by atoms with van der Waals surface area (Å²) in [7, 11) is 0. The monoisotopic (exact) mass is 351 g/mol. The van der Waals surface area contributed by atoms with Crippen LogP contribution in [0.5, 0.6) is 0 Å². The minimum atomic E-state index is -0.229. The van der Waals surface area contributed by atoms with Crippen LogP contribution in [0, 0.1) is 0 Å². The van der Waals surface area contributed by atoms with E-state index in [1.807, 2.05) is 0 Å². The Kier molecular flexibility index (Phi) is 5.07. The van der Waals surface area contributed by atoms with Gasteiger partial charge in [-0.3, -0.25) is 4.90 Å². The van der Waals surface area contributed by atoms with Gasteiger partial charge in [0.05, 0.1) is 6.61 Å². The van der Waals surface area contributed by atoms with E-state index in [0.29, 0.717) is 6.04 Å². The molecule has 1 aliphatic carbocycles. The van der Waals surface area contributed by atoms with E-state index in [1.165, 1.54) is 48.4 Å². The second-order valence-corrected chi connectivity index (χ2v) is 8.73. The van der Waals surface area contributed by atoms with Gasteiger partial charge in [0.25, 0.3) is 0 Å². The maximum atomic E-state index is 6.38. The molecule has 0 spiro atoms. The van der Waals surface area contributed by atoms with Crippen molar-refractivity contribution in [3.63, 3.8) is 0 Å². The van der Waals surface area contributed by atoms with Gasteiger partial charge in [-0.25, -0.2) is 0 Å². The Morgan fingerprint density at radius 1 is 1.00 bits per heavy atom. The third-order valence-corrected chi connectivity index (χ3v) is 6.61. The summed E-state index contributed by atoms with van der Waals surface area (Å²) < 4.78 is 6.38. The van der Waals surface area contributed by atoms with Crippen LogP contribution in [0.3, 0.4) is 0 Å². The number of benzene rings is 2. The number of fused-ring (bicyclic) bond motifs is 1. The summed E-state index contributed by atoms with van der Waals surface area (Å²) in [6, 6.07) is 14.4. The van der Waals surface area contributed by atoms with Crippen LogP contribution in [-0.4, -0.2) is 30.6 Å². The summed E-state index contributed by atoms with van der Waals surface area (Å²) in [4.78, 5) is 2.55. The molecule has 0 amide bonds. The first-order valence-electron chi connectivity index (χ1n) is 10.5. The van der Waals surface area contributed by atoms with Crippen molar-refractivity contribution in [3.05, 3.63) is 47.5 Å². The Bertz CT molecular complexity index is 762. The molecule has 2 nitrogen and oxygen atoms in total. The quantitative estimate of drug-likeness (QED) is 0.688. The maximum Gasteiger partial charge on any atom is 0.104 e. The summed E-state index contributed by atoms with van der Waals surface area (Å²) in [5, 5.41) is 2.84. The van der Waals surface area contributed by atoms with Crippen molar-refractivity contribution < 1.29 is 4.74 Å². The molecule has 0 bridgehead atoms. The van der Waals surface area contributed by atoms with Gasteiger partial charge in [-0.1, -0.05) is 55.7 Å². The fourth-order valence-electron chi connectivity index (χ4n) is 5.06. The van der Waals surface area contributed by atoms with Gasteiger partial charge in [-0.15, -0.1) is 0 Å². The molecule has 1 atom stereocenters. The van der Waals surface area contributed by atoms with Gasteiger partial charge in [0.1, 0.15) is 5.60 Å². The third-order valence-electron chi connectivity index (χ3n) is 6.61. The van der Waals surface area contributed by atoms with Crippen molar-refractivity contribution in [1.29, 1.82) is 0 Å². The zero-order valence-electron chi connectivity index (χ0n) is 16.6. The summed E-state index contributed by atoms with van der Waals surface area (Å²) >= 11 is 0. The lowest BCUT2D eigenvalue weighted by Crippen LogP contribution is -2.50. The highest BCUT2D eigenvalue weighted by atomic mass is 16.5. The van der Waals surface area contributed by atoms with E-state index in [-0.39, 0.29) is 5.60 Å². The molecular formula is C24H33NO. The number of rotatable bonds is 3. The molecule has 0 aromatic heterocycles. The van der Waals surface area contributed by atoms with E-state index in [2.05, 4.69) is 62.1 Å². The number of hydrogen-bond acceptors (Lipinski definition) is 2. The van der Waals surface area contributed by atoms with Gasteiger partial charge in [0.2, 0.25) is 0 Å². The first-order valence-corrected chi connectivity index (χ1v) is 10.5. The highest BCUT2D eigenvalue weighted by Crippen LogP contribution is 2.41. The minimum absolute atomic E-state index is 0.229. The Morgan fingerprint density at radius 3 is 2.46 bits per heavy atom. The number of ether oxygens (including phenoxy) is 1. The van der Waals surface area contributed by atoms with Gasteiger partial charge in [-0.2, -0.15) is 0 Å². The highest BCUT2D eigenvalue weighted by molar-refractivity contribution is 5.90. The van der Waals surface area contributed by atoms with Crippen LogP contribution in [0.15, 0.2) is 36.4 Å². The van der Waals surface area contributed by atoms with Crippen LogP contribution in [0.4, 0.5) is 0 Å². The molecule has 2 aromatic rings. The van der Waals surface area contributed by atoms with E-state index in [4.69, 9.17) is 4.74 Å². The standard InChI is InChI=1S/C24H33NO/c1-18(2)25-15-16-26-24(3,17-25)23-14-13-20(19-9-5-4-6-10-19)21-11-7-8-12-22(21)23/h7-8,11-14,18-19H,4-6,9-10,15-17H2,1-3H3. The van der Waals surface area contributed by atoms with Crippen LogP contribution in [0.25, 0.3) is 10.8 Å². The van der Waals surface area contributed by atoms with Crippen molar-refractivity contribution >= 4 is 10.8 Å². The molecular weight excluding hydrogens is 318 g/mol. The number of hydrogen-bond donors (Lipinski definition) is 0. The average Bonchev–Trinajstić information content (AvgIpc) is 2.67. The normalized spacial score (nSPS) is 25.8. The highest BCUT2D eigenvalue weighted by Gasteiger charge is 2.36. The molecule has 2 aliphatic rings. The Morgan fingerprint density at radius 2 is 1.73 bits per heavy atom. The molecule has 2 aromatic carbocycles. The lowest BCUT2D eigenvalue weighted by molar-refractivity contribution is -0.109. The summed E-state index contributed by atoms with van der Waals surface area (Å²) in [6.07, 6.45) is 6.86. The third kappa shape index (κ3) is 3.30. The molecule has 2 fully saturated rings. The van der Waals surface area contributed by atoms with E-state index in [1.54, 1.807) is 5.56 Å². The molecule has 4 rings (SSSR count). The predicted octanol–water partition coefficient (Wildman–Crippen LogP) is 5.84. The van der Waals surface area contributed by atoms with Gasteiger partial charge < -0.3 is 4.74 Å². The Labute approximate surface area is 158 Å². The van der Waals surface area contributed by atoms with E-state index in [0.717, 1.165) is 25.6 Å². The molecule has 1 unspecified atom stereocenters. The molecule has 1 aliphatic heterocycles. The van der Waals surface area contributed by atoms with Crippen LogP contribution in [0.1, 0.15) is 69.9 Å². The summed E-state index contributed by atoms with van der Waals surface area (Å²) in [6.45, 7) is 9.67. The first kappa shape index (κ1) is 18.0. The summed E-state index contributed by atoms with van der Waals surface area (Å²) in [5.41, 5.74) is 2.69. The fourth-order valence-corrected chi connectivity index (χ4v) is 5.06. The molecule has 1 saturated heterocycles. The van der Waals surface area contributed by atoms with Crippen molar-refractivity contribution in [3.8, 4) is 0 Å². The average molecular weight is 352 g/mol. The zero-order valence-corrected chi connectivity index (χ0v) is 16.6. The van der Waals surface area contributed by atoms with Crippen molar-refractivity contribution in [2.24, 2.45) is 0 Å². The Balaban J connectivity index is 1.77. The molecule has 26 heavy (non-hydrogen) atoms. The van der Waals surface area contributed by atoms with Crippen LogP contribution >= 0.6 is 0 Å². The zero-order chi connectivity index (χ0) is 18.1. The molecule has 1 saturated carbocycles. The van der Waals surface area contributed by atoms with Crippen molar-refractivity contribution in [1.82, 2.24) is 4.90 Å². The topological polar surface area (TPSA) is 12.5 Å². The lowest BCUT2D eigenvalue weighted by atomic mass is 9.79. The van der Waals surface area contributed by atoms with Gasteiger partial charge in [0.15, 0.2) is 0 Å². The van der Waals surface area contributed by atoms with Crippen molar-refractivity contribution in [2.45, 2.75) is 70.4 Å². The molecule has 140 valence electrons. The first-order chi connectivity index (χ1) is 12.6. The molecule has 0 N–H and O–H groups in total. The predicted molar refractivity (Wildman–Crippen MR) is 110 cm³/mol. The van der Waals surface area contributed by atoms with E-state index in [9.17, 15) is 0 Å². The van der Waals surface area contributed by atoms with E-state index >= 15 is 0 Å². The minimum Gasteiger partial charge on any atom is -0.368 e. The second-order valence-electron chi connectivity index (χ2n) is 8.73. The van der Waals surface area contributed by atoms with Gasteiger partial charge >= 0.3 is 0 Å². The van der Waals surface area contributed by atoms with Crippen LogP contribution in [-0.2, 0) is 10.3 Å². The fraction of sp³-hybridized carbons (Fsp3) is 0.583. The number of nitrogens with zero attached hydrogens (tertiary/aromatic N) is 1. The second kappa shape index (κ2) is 7.32. The van der Waals surface area contributed by atoms with E-state index < -0.39 is 0 Å². The maximum absolute atomic E-state index is 6.38. The molecule has 1 heterocycles. The largest absolute Gasteiger partial charge is 0.368 e. The van der Waals surface area contributed by atoms with Crippen LogP contribution in [0.2, 0.25) is 0 Å².